The molecule has 0 aliphatic rings. The fourth-order valence-corrected chi connectivity index (χ4v) is 5.78. The van der Waals surface area contributed by atoms with Gasteiger partial charge < -0.3 is 5.11 Å². The Balaban J connectivity index is 1.99. The van der Waals surface area contributed by atoms with E-state index >= 15 is 0 Å². The van der Waals surface area contributed by atoms with Crippen molar-refractivity contribution in [1.29, 1.82) is 0 Å². The van der Waals surface area contributed by atoms with Gasteiger partial charge in [-0.05, 0) is 30.3 Å². The Kier molecular flexibility index (Phi) is 4.78. The second kappa shape index (κ2) is 7.23. The van der Waals surface area contributed by atoms with Crippen LogP contribution in [0.5, 0.6) is 0 Å². The first-order valence-corrected chi connectivity index (χ1v) is 10.7. The first kappa shape index (κ1) is 17.9. The average molecular weight is 396 g/mol. The Morgan fingerprint density at radius 3 is 2.07 bits per heavy atom. The average Bonchev–Trinajstić information content (AvgIpc) is 3.03. The molecule has 0 spiro atoms. The van der Waals surface area contributed by atoms with Crippen molar-refractivity contribution in [2.45, 2.75) is 21.3 Å². The van der Waals surface area contributed by atoms with Crippen LogP contribution >= 0.6 is 11.8 Å². The molecule has 27 heavy (non-hydrogen) atoms. The van der Waals surface area contributed by atoms with Crippen molar-refractivity contribution >= 4 is 32.7 Å². The Labute approximate surface area is 162 Å². The molecule has 0 saturated heterocycles. The van der Waals surface area contributed by atoms with Crippen molar-refractivity contribution in [2.75, 3.05) is 0 Å². The molecule has 4 rings (SSSR count). The van der Waals surface area contributed by atoms with Gasteiger partial charge in [-0.15, -0.1) is 0 Å². The van der Waals surface area contributed by atoms with E-state index in [0.29, 0.717) is 11.2 Å². The van der Waals surface area contributed by atoms with Crippen molar-refractivity contribution in [1.82, 2.24) is 3.97 Å². The molecule has 0 aliphatic carbocycles. The van der Waals surface area contributed by atoms with Gasteiger partial charge in [0.1, 0.15) is 0 Å². The number of nitrogens with zero attached hydrogens (tertiary/aromatic N) is 1. The van der Waals surface area contributed by atoms with Crippen molar-refractivity contribution in [3.8, 4) is 0 Å². The Hall–Kier alpha value is -2.54. The lowest BCUT2D eigenvalue weighted by Crippen LogP contribution is -2.16. The highest BCUT2D eigenvalue weighted by Crippen LogP contribution is 2.40. The van der Waals surface area contributed by atoms with Crippen LogP contribution in [0.2, 0.25) is 0 Å². The van der Waals surface area contributed by atoms with Crippen molar-refractivity contribution in [2.24, 2.45) is 0 Å². The maximum absolute atomic E-state index is 13.3. The predicted molar refractivity (Wildman–Crippen MR) is 107 cm³/mol. The molecule has 0 fully saturated rings. The van der Waals surface area contributed by atoms with Crippen LogP contribution < -0.4 is 0 Å². The molecule has 1 aromatic heterocycles. The van der Waals surface area contributed by atoms with E-state index in [0.717, 1.165) is 15.2 Å². The fraction of sp³-hybridized carbons (Fsp3) is 0.0476. The van der Waals surface area contributed by atoms with Crippen LogP contribution in [-0.2, 0) is 16.6 Å². The van der Waals surface area contributed by atoms with Crippen LogP contribution in [0.15, 0.2) is 99.6 Å². The van der Waals surface area contributed by atoms with Crippen molar-refractivity contribution in [3.05, 3.63) is 90.6 Å². The molecule has 136 valence electrons. The number of hydrogen-bond acceptors (Lipinski definition) is 4. The monoisotopic (exact) mass is 395 g/mol. The Morgan fingerprint density at radius 1 is 0.815 bits per heavy atom. The van der Waals surface area contributed by atoms with Crippen LogP contribution in [0.4, 0.5) is 0 Å². The van der Waals surface area contributed by atoms with Crippen LogP contribution in [0.1, 0.15) is 5.69 Å². The first-order valence-electron chi connectivity index (χ1n) is 8.39. The zero-order valence-corrected chi connectivity index (χ0v) is 16.0. The van der Waals surface area contributed by atoms with Crippen LogP contribution in [-0.4, -0.2) is 17.5 Å². The van der Waals surface area contributed by atoms with E-state index < -0.39 is 10.0 Å². The molecule has 3 aromatic carbocycles. The predicted octanol–water partition coefficient (Wildman–Crippen LogP) is 4.52. The molecule has 4 aromatic rings. The molecule has 0 saturated carbocycles. The summed E-state index contributed by atoms with van der Waals surface area (Å²) >= 11 is 1.46. The standard InChI is InChI=1S/C21H17NO3S2/c23-15-20-21(26-16-9-3-1-4-10-16)18-13-7-8-14-19(18)22(20)27(24,25)17-11-5-2-6-12-17/h1-14,23H,15H2. The number of fused-ring (bicyclic) bond motifs is 1. The van der Waals surface area contributed by atoms with Crippen LogP contribution in [0.25, 0.3) is 10.9 Å². The first-order chi connectivity index (χ1) is 13.1. The molecule has 0 unspecified atom stereocenters. The molecular formula is C21H17NO3S2. The third-order valence-electron chi connectivity index (χ3n) is 4.27. The highest BCUT2D eigenvalue weighted by Gasteiger charge is 2.26. The van der Waals surface area contributed by atoms with Gasteiger partial charge in [-0.3, -0.25) is 0 Å². The Morgan fingerprint density at radius 2 is 1.41 bits per heavy atom. The molecule has 1 N–H and O–H groups in total. The van der Waals surface area contributed by atoms with Gasteiger partial charge in [0.15, 0.2) is 0 Å². The zero-order valence-electron chi connectivity index (χ0n) is 14.3. The third-order valence-corrected chi connectivity index (χ3v) is 7.20. The maximum atomic E-state index is 13.3. The van der Waals surface area contributed by atoms with E-state index in [4.69, 9.17) is 0 Å². The SMILES string of the molecule is O=S(=O)(c1ccccc1)n1c(CO)c(Sc2ccccc2)c2ccccc21. The lowest BCUT2D eigenvalue weighted by molar-refractivity contribution is 0.273. The summed E-state index contributed by atoms with van der Waals surface area (Å²) in [6.45, 7) is -0.379. The number of aliphatic hydroxyl groups excluding tert-OH is 1. The summed E-state index contributed by atoms with van der Waals surface area (Å²) in [5.74, 6) is 0. The smallest absolute Gasteiger partial charge is 0.268 e. The van der Waals surface area contributed by atoms with Crippen LogP contribution in [0.3, 0.4) is 0 Å². The number of benzene rings is 3. The highest BCUT2D eigenvalue weighted by atomic mass is 32.2. The molecule has 1 heterocycles. The van der Waals surface area contributed by atoms with Gasteiger partial charge >= 0.3 is 0 Å². The summed E-state index contributed by atoms with van der Waals surface area (Å²) in [7, 11) is -3.84. The molecule has 4 nitrogen and oxygen atoms in total. The highest BCUT2D eigenvalue weighted by molar-refractivity contribution is 7.99. The van der Waals surface area contributed by atoms with E-state index in [1.54, 1.807) is 42.5 Å². The number of hydrogen-bond donors (Lipinski definition) is 1. The van der Waals surface area contributed by atoms with Gasteiger partial charge in [0, 0.05) is 15.2 Å². The number of rotatable bonds is 5. The minimum atomic E-state index is -3.84. The molecule has 0 aliphatic heterocycles. The minimum absolute atomic E-state index is 0.191. The Bertz CT molecular complexity index is 1180. The van der Waals surface area contributed by atoms with Gasteiger partial charge in [-0.1, -0.05) is 66.4 Å². The summed E-state index contributed by atoms with van der Waals surface area (Å²) in [6, 6.07) is 25.3. The van der Waals surface area contributed by atoms with Gasteiger partial charge in [0.2, 0.25) is 0 Å². The van der Waals surface area contributed by atoms with Gasteiger partial charge in [-0.25, -0.2) is 12.4 Å². The fourth-order valence-electron chi connectivity index (χ4n) is 3.06. The lowest BCUT2D eigenvalue weighted by atomic mass is 10.2. The zero-order chi connectivity index (χ0) is 18.9. The summed E-state index contributed by atoms with van der Waals surface area (Å²) in [5.41, 5.74) is 0.928. The van der Waals surface area contributed by atoms with E-state index in [-0.39, 0.29) is 11.5 Å². The van der Waals surface area contributed by atoms with Gasteiger partial charge in [-0.2, -0.15) is 0 Å². The van der Waals surface area contributed by atoms with Crippen LogP contribution in [0, 0.1) is 0 Å². The maximum Gasteiger partial charge on any atom is 0.268 e. The number of aromatic nitrogens is 1. The molecule has 0 bridgehead atoms. The second-order valence-electron chi connectivity index (χ2n) is 5.95. The normalized spacial score (nSPS) is 11.7. The minimum Gasteiger partial charge on any atom is -0.390 e. The van der Waals surface area contributed by atoms with Gasteiger partial charge in [0.25, 0.3) is 10.0 Å². The summed E-state index contributed by atoms with van der Waals surface area (Å²) in [6.07, 6.45) is 0. The molecule has 0 amide bonds. The second-order valence-corrected chi connectivity index (χ2v) is 8.82. The summed E-state index contributed by atoms with van der Waals surface area (Å²) in [5, 5.41) is 10.9. The molecule has 0 atom stereocenters. The molecular weight excluding hydrogens is 378 g/mol. The molecule has 6 heteroatoms. The lowest BCUT2D eigenvalue weighted by Gasteiger charge is -2.11. The number of aliphatic hydroxyl groups is 1. The van der Waals surface area contributed by atoms with E-state index in [2.05, 4.69) is 0 Å². The van der Waals surface area contributed by atoms with Gasteiger partial charge in [0.05, 0.1) is 22.7 Å². The third kappa shape index (κ3) is 3.16. The summed E-state index contributed by atoms with van der Waals surface area (Å²) < 4.78 is 27.9. The van der Waals surface area contributed by atoms with Crippen molar-refractivity contribution in [3.63, 3.8) is 0 Å². The number of para-hydroxylation sites is 1. The topological polar surface area (TPSA) is 59.3 Å². The largest absolute Gasteiger partial charge is 0.390 e. The summed E-state index contributed by atoms with van der Waals surface area (Å²) in [4.78, 5) is 1.92. The van der Waals surface area contributed by atoms with E-state index in [1.165, 1.54) is 15.7 Å². The van der Waals surface area contributed by atoms with E-state index in [9.17, 15) is 13.5 Å². The molecule has 0 radical (unpaired) electrons. The van der Waals surface area contributed by atoms with E-state index in [1.807, 2.05) is 42.5 Å². The quantitative estimate of drug-likeness (QED) is 0.540. The van der Waals surface area contributed by atoms with Crippen molar-refractivity contribution < 1.29 is 13.5 Å².